The Balaban J connectivity index is 2.09. The number of hydrogen-bond donors (Lipinski definition) is 0. The second kappa shape index (κ2) is 7.92. The molecular weight excluding hydrogens is 406 g/mol. The van der Waals surface area contributed by atoms with Gasteiger partial charge in [0.05, 0.1) is 18.3 Å². The lowest BCUT2D eigenvalue weighted by atomic mass is 10.0. The molecular formula is C22H20BrNO3. The smallest absolute Gasteiger partial charge is 0.340 e. The van der Waals surface area contributed by atoms with Gasteiger partial charge in [0, 0.05) is 15.9 Å². The first-order chi connectivity index (χ1) is 13.0. The van der Waals surface area contributed by atoms with Gasteiger partial charge in [0.15, 0.2) is 0 Å². The molecule has 0 aliphatic carbocycles. The number of benzene rings is 2. The summed E-state index contributed by atoms with van der Waals surface area (Å²) in [4.78, 5) is 27.1. The van der Waals surface area contributed by atoms with E-state index in [-0.39, 0.29) is 5.91 Å². The number of ether oxygens (including phenoxy) is 1. The van der Waals surface area contributed by atoms with Crippen LogP contribution in [0.1, 0.15) is 25.0 Å². The first kappa shape index (κ1) is 19.1. The maximum atomic E-state index is 13.2. The molecule has 1 heterocycles. The van der Waals surface area contributed by atoms with Gasteiger partial charge in [-0.2, -0.15) is 0 Å². The van der Waals surface area contributed by atoms with E-state index in [1.54, 1.807) is 17.9 Å². The van der Waals surface area contributed by atoms with Crippen LogP contribution in [-0.4, -0.2) is 19.0 Å². The van der Waals surface area contributed by atoms with E-state index in [4.69, 9.17) is 4.74 Å². The molecule has 1 amide bonds. The number of carbonyl (C=O) groups is 2. The minimum atomic E-state index is -0.517. The van der Waals surface area contributed by atoms with Gasteiger partial charge in [-0.15, -0.1) is 0 Å². The van der Waals surface area contributed by atoms with Crippen LogP contribution in [0.4, 0.5) is 5.69 Å². The molecule has 1 aliphatic rings. The van der Waals surface area contributed by atoms with Crippen LogP contribution in [0.2, 0.25) is 0 Å². The van der Waals surface area contributed by atoms with Gasteiger partial charge in [0.1, 0.15) is 0 Å². The summed E-state index contributed by atoms with van der Waals surface area (Å²) in [5.74, 6) is -0.753. The van der Waals surface area contributed by atoms with Crippen molar-refractivity contribution in [1.82, 2.24) is 0 Å². The van der Waals surface area contributed by atoms with Crippen LogP contribution in [0.3, 0.4) is 0 Å². The Bertz CT molecular complexity index is 941. The van der Waals surface area contributed by atoms with E-state index in [1.165, 1.54) is 12.7 Å². The molecule has 0 bridgehead atoms. The Kier molecular flexibility index (Phi) is 5.61. The number of halogens is 1. The van der Waals surface area contributed by atoms with Crippen molar-refractivity contribution in [2.24, 2.45) is 0 Å². The first-order valence-electron chi connectivity index (χ1n) is 8.66. The monoisotopic (exact) mass is 425 g/mol. The van der Waals surface area contributed by atoms with E-state index in [0.29, 0.717) is 16.8 Å². The molecule has 0 aromatic heterocycles. The number of amides is 1. The Morgan fingerprint density at radius 3 is 2.30 bits per heavy atom. The van der Waals surface area contributed by atoms with Gasteiger partial charge in [-0.25, -0.2) is 4.79 Å². The zero-order valence-electron chi connectivity index (χ0n) is 15.5. The van der Waals surface area contributed by atoms with Crippen molar-refractivity contribution in [3.8, 4) is 0 Å². The Labute approximate surface area is 167 Å². The van der Waals surface area contributed by atoms with Gasteiger partial charge >= 0.3 is 5.97 Å². The molecule has 0 spiro atoms. The van der Waals surface area contributed by atoms with Crippen molar-refractivity contribution in [2.45, 2.75) is 20.3 Å². The molecule has 5 heteroatoms. The molecule has 0 saturated heterocycles. The Morgan fingerprint density at radius 1 is 1.11 bits per heavy atom. The molecule has 0 saturated carbocycles. The summed E-state index contributed by atoms with van der Waals surface area (Å²) < 4.78 is 5.88. The van der Waals surface area contributed by atoms with Crippen LogP contribution >= 0.6 is 15.9 Å². The summed E-state index contributed by atoms with van der Waals surface area (Å²) in [6.07, 6.45) is 2.65. The van der Waals surface area contributed by atoms with Gasteiger partial charge in [0.2, 0.25) is 0 Å². The largest absolute Gasteiger partial charge is 0.465 e. The molecule has 2 aromatic rings. The topological polar surface area (TPSA) is 46.6 Å². The number of carbonyl (C=O) groups excluding carboxylic acids is 2. The maximum Gasteiger partial charge on any atom is 0.340 e. The van der Waals surface area contributed by atoms with Crippen LogP contribution in [0.25, 0.3) is 6.08 Å². The van der Waals surface area contributed by atoms with Crippen molar-refractivity contribution in [2.75, 3.05) is 12.0 Å². The highest BCUT2D eigenvalue weighted by atomic mass is 79.9. The van der Waals surface area contributed by atoms with E-state index >= 15 is 0 Å². The average Bonchev–Trinajstić information content (AvgIpc) is 2.93. The third-order valence-electron chi connectivity index (χ3n) is 4.57. The number of methoxy groups -OCH3 is 1. The van der Waals surface area contributed by atoms with Gasteiger partial charge in [0.25, 0.3) is 5.91 Å². The molecule has 0 N–H and O–H groups in total. The van der Waals surface area contributed by atoms with Crippen LogP contribution in [-0.2, 0) is 20.7 Å². The highest BCUT2D eigenvalue weighted by molar-refractivity contribution is 9.10. The van der Waals surface area contributed by atoms with Crippen molar-refractivity contribution < 1.29 is 14.3 Å². The molecule has 138 valence electrons. The fourth-order valence-corrected chi connectivity index (χ4v) is 3.36. The molecule has 0 unspecified atom stereocenters. The fourth-order valence-electron chi connectivity index (χ4n) is 3.10. The molecule has 3 rings (SSSR count). The van der Waals surface area contributed by atoms with E-state index in [2.05, 4.69) is 22.9 Å². The first-order valence-corrected chi connectivity index (χ1v) is 9.45. The number of aryl methyl sites for hydroxylation is 1. The van der Waals surface area contributed by atoms with Gasteiger partial charge in [-0.3, -0.25) is 9.69 Å². The zero-order chi connectivity index (χ0) is 19.6. The Morgan fingerprint density at radius 2 is 1.74 bits per heavy atom. The summed E-state index contributed by atoms with van der Waals surface area (Å²) >= 11 is 3.40. The molecule has 4 nitrogen and oxygen atoms in total. The number of hydrogen-bond acceptors (Lipinski definition) is 3. The van der Waals surface area contributed by atoms with Gasteiger partial charge in [-0.1, -0.05) is 47.1 Å². The summed E-state index contributed by atoms with van der Waals surface area (Å²) in [5.41, 5.74) is 3.95. The molecule has 0 atom stereocenters. The zero-order valence-corrected chi connectivity index (χ0v) is 17.0. The van der Waals surface area contributed by atoms with Crippen LogP contribution in [0.15, 0.2) is 69.8 Å². The summed E-state index contributed by atoms with van der Waals surface area (Å²) in [7, 11) is 1.32. The molecule has 27 heavy (non-hydrogen) atoms. The molecule has 0 radical (unpaired) electrons. The van der Waals surface area contributed by atoms with E-state index < -0.39 is 5.97 Å². The summed E-state index contributed by atoms with van der Waals surface area (Å²) in [6, 6.07) is 15.3. The molecule has 2 aromatic carbocycles. The SMILES string of the molecule is CCc1ccc(N2C(=O)/C(=C\c3ccc(Br)cc3)C(C(=O)OC)=C2C)cc1. The quantitative estimate of drug-likeness (QED) is 0.517. The molecule has 1 aliphatic heterocycles. The lowest BCUT2D eigenvalue weighted by Crippen LogP contribution is -2.24. The highest BCUT2D eigenvalue weighted by Crippen LogP contribution is 2.35. The standard InChI is InChI=1S/C22H20BrNO3/c1-4-15-7-11-18(12-8-15)24-14(2)20(22(26)27-3)19(21(24)25)13-16-5-9-17(23)10-6-16/h5-13H,4H2,1-3H3/b19-13-. The van der Waals surface area contributed by atoms with Crippen LogP contribution < -0.4 is 4.90 Å². The predicted octanol–water partition coefficient (Wildman–Crippen LogP) is 4.89. The molecule has 0 fully saturated rings. The number of anilines is 1. The number of rotatable bonds is 4. The number of allylic oxidation sites excluding steroid dienone is 1. The lowest BCUT2D eigenvalue weighted by molar-refractivity contribution is -0.136. The van der Waals surface area contributed by atoms with Crippen molar-refractivity contribution >= 4 is 39.6 Å². The van der Waals surface area contributed by atoms with Crippen molar-refractivity contribution in [3.05, 3.63) is 81.0 Å². The van der Waals surface area contributed by atoms with Crippen LogP contribution in [0.5, 0.6) is 0 Å². The Hall–Kier alpha value is -2.66. The fraction of sp³-hybridized carbons (Fsp3) is 0.182. The third kappa shape index (κ3) is 3.74. The van der Waals surface area contributed by atoms with Crippen LogP contribution in [0, 0.1) is 0 Å². The normalized spacial score (nSPS) is 15.6. The highest BCUT2D eigenvalue weighted by Gasteiger charge is 2.37. The van der Waals surface area contributed by atoms with Gasteiger partial charge < -0.3 is 4.74 Å². The summed E-state index contributed by atoms with van der Waals surface area (Å²) in [6.45, 7) is 3.84. The number of nitrogens with zero attached hydrogens (tertiary/aromatic N) is 1. The summed E-state index contributed by atoms with van der Waals surface area (Å²) in [5, 5.41) is 0. The third-order valence-corrected chi connectivity index (χ3v) is 5.10. The van der Waals surface area contributed by atoms with E-state index in [0.717, 1.165) is 22.1 Å². The second-order valence-corrected chi connectivity index (χ2v) is 7.14. The second-order valence-electron chi connectivity index (χ2n) is 6.22. The lowest BCUT2D eigenvalue weighted by Gasteiger charge is -2.18. The number of esters is 1. The minimum absolute atomic E-state index is 0.236. The van der Waals surface area contributed by atoms with E-state index in [9.17, 15) is 9.59 Å². The maximum absolute atomic E-state index is 13.2. The predicted molar refractivity (Wildman–Crippen MR) is 110 cm³/mol. The minimum Gasteiger partial charge on any atom is -0.465 e. The van der Waals surface area contributed by atoms with Crippen molar-refractivity contribution in [1.29, 1.82) is 0 Å². The van der Waals surface area contributed by atoms with E-state index in [1.807, 2.05) is 48.5 Å². The average molecular weight is 426 g/mol. The van der Waals surface area contributed by atoms with Gasteiger partial charge in [-0.05, 0) is 54.8 Å². The van der Waals surface area contributed by atoms with Crippen molar-refractivity contribution in [3.63, 3.8) is 0 Å².